The van der Waals surface area contributed by atoms with Crippen LogP contribution in [0.2, 0.25) is 0 Å². The number of ether oxygens (including phenoxy) is 1. The molecule has 9 heteroatoms. The van der Waals surface area contributed by atoms with Crippen molar-refractivity contribution in [2.75, 3.05) is 33.3 Å². The summed E-state index contributed by atoms with van der Waals surface area (Å²) in [4.78, 5) is 12.9. The highest BCUT2D eigenvalue weighted by molar-refractivity contribution is 7.89. The third-order valence-corrected chi connectivity index (χ3v) is 6.76. The van der Waals surface area contributed by atoms with Crippen LogP contribution in [-0.2, 0) is 16.6 Å². The Labute approximate surface area is 164 Å². The fourth-order valence-electron chi connectivity index (χ4n) is 3.32. The second-order valence-corrected chi connectivity index (χ2v) is 8.68. The van der Waals surface area contributed by atoms with E-state index in [1.54, 1.807) is 37.4 Å². The first-order valence-electron chi connectivity index (χ1n) is 8.92. The van der Waals surface area contributed by atoms with E-state index in [4.69, 9.17) is 4.74 Å². The van der Waals surface area contributed by atoms with Gasteiger partial charge in [-0.05, 0) is 36.2 Å². The van der Waals surface area contributed by atoms with Gasteiger partial charge in [0, 0.05) is 44.9 Å². The van der Waals surface area contributed by atoms with Gasteiger partial charge in [0.05, 0.1) is 16.9 Å². The van der Waals surface area contributed by atoms with Gasteiger partial charge in [0.1, 0.15) is 5.75 Å². The molecule has 28 heavy (non-hydrogen) atoms. The quantitative estimate of drug-likeness (QED) is 0.541. The van der Waals surface area contributed by atoms with Gasteiger partial charge in [-0.2, -0.15) is 4.31 Å². The first-order chi connectivity index (χ1) is 13.3. The van der Waals surface area contributed by atoms with Crippen LogP contribution in [0.4, 0.5) is 5.69 Å². The van der Waals surface area contributed by atoms with E-state index < -0.39 is 14.9 Å². The number of nitro benzene ring substituents is 1. The number of nitro groups is 1. The summed E-state index contributed by atoms with van der Waals surface area (Å²) in [5.74, 6) is 0.653. The molecule has 0 amide bonds. The average molecular weight is 405 g/mol. The van der Waals surface area contributed by atoms with Gasteiger partial charge in [0.25, 0.3) is 5.69 Å². The molecule has 0 unspecified atom stereocenters. The first-order valence-corrected chi connectivity index (χ1v) is 10.4. The number of non-ortho nitro benzene ring substituents is 1. The van der Waals surface area contributed by atoms with Crippen molar-refractivity contribution in [1.82, 2.24) is 9.21 Å². The molecule has 0 spiro atoms. The Kier molecular flexibility index (Phi) is 5.97. The molecule has 0 bridgehead atoms. The number of methoxy groups -OCH3 is 1. The van der Waals surface area contributed by atoms with E-state index in [-0.39, 0.29) is 10.6 Å². The van der Waals surface area contributed by atoms with E-state index in [1.165, 1.54) is 10.4 Å². The van der Waals surface area contributed by atoms with Crippen molar-refractivity contribution in [1.29, 1.82) is 0 Å². The van der Waals surface area contributed by atoms with Crippen LogP contribution in [0.1, 0.15) is 11.1 Å². The lowest BCUT2D eigenvalue weighted by molar-refractivity contribution is -0.384. The molecule has 0 radical (unpaired) electrons. The Balaban J connectivity index is 1.65. The summed E-state index contributed by atoms with van der Waals surface area (Å²) in [5, 5.41) is 10.9. The highest BCUT2D eigenvalue weighted by Gasteiger charge is 2.29. The maximum absolute atomic E-state index is 12.9. The monoisotopic (exact) mass is 405 g/mol. The van der Waals surface area contributed by atoms with Gasteiger partial charge in [0.2, 0.25) is 10.0 Å². The molecule has 0 atom stereocenters. The number of piperazine rings is 1. The summed E-state index contributed by atoms with van der Waals surface area (Å²) in [6.07, 6.45) is 0. The number of rotatable bonds is 6. The van der Waals surface area contributed by atoms with E-state index in [0.29, 0.717) is 38.5 Å². The smallest absolute Gasteiger partial charge is 0.269 e. The molecule has 1 fully saturated rings. The van der Waals surface area contributed by atoms with Crippen molar-refractivity contribution < 1.29 is 18.1 Å². The zero-order chi connectivity index (χ0) is 20.3. The molecule has 3 rings (SSSR count). The minimum Gasteiger partial charge on any atom is -0.496 e. The van der Waals surface area contributed by atoms with Crippen LogP contribution in [0.15, 0.2) is 47.4 Å². The van der Waals surface area contributed by atoms with Crippen LogP contribution >= 0.6 is 0 Å². The number of hydrogen-bond donors (Lipinski definition) is 0. The second-order valence-electron chi connectivity index (χ2n) is 6.74. The minimum absolute atomic E-state index is 0.0635. The van der Waals surface area contributed by atoms with E-state index in [1.807, 2.05) is 13.0 Å². The van der Waals surface area contributed by atoms with Crippen LogP contribution in [0.25, 0.3) is 0 Å². The Morgan fingerprint density at radius 2 is 1.82 bits per heavy atom. The van der Waals surface area contributed by atoms with Crippen molar-refractivity contribution in [3.05, 3.63) is 63.7 Å². The summed E-state index contributed by atoms with van der Waals surface area (Å²) in [5.41, 5.74) is 1.68. The van der Waals surface area contributed by atoms with Crippen LogP contribution in [0, 0.1) is 17.0 Å². The SMILES string of the molecule is COc1ccc(S(=O)(=O)N2CCN(Cc3cccc([N+](=O)[O-])c3)CC2)cc1C. The summed E-state index contributed by atoms with van der Waals surface area (Å²) >= 11 is 0. The van der Waals surface area contributed by atoms with E-state index in [9.17, 15) is 18.5 Å². The predicted molar refractivity (Wildman–Crippen MR) is 105 cm³/mol. The van der Waals surface area contributed by atoms with Crippen LogP contribution in [0.5, 0.6) is 5.75 Å². The molecular formula is C19H23N3O5S. The van der Waals surface area contributed by atoms with Gasteiger partial charge >= 0.3 is 0 Å². The largest absolute Gasteiger partial charge is 0.496 e. The van der Waals surface area contributed by atoms with Crippen LogP contribution in [-0.4, -0.2) is 55.8 Å². The molecule has 8 nitrogen and oxygen atoms in total. The zero-order valence-corrected chi connectivity index (χ0v) is 16.7. The lowest BCUT2D eigenvalue weighted by Crippen LogP contribution is -2.48. The van der Waals surface area contributed by atoms with E-state index in [0.717, 1.165) is 11.1 Å². The average Bonchev–Trinajstić information content (AvgIpc) is 2.68. The van der Waals surface area contributed by atoms with Gasteiger partial charge < -0.3 is 4.74 Å². The molecule has 1 aliphatic rings. The lowest BCUT2D eigenvalue weighted by atomic mass is 10.2. The highest BCUT2D eigenvalue weighted by atomic mass is 32.2. The molecular weight excluding hydrogens is 382 g/mol. The van der Waals surface area contributed by atoms with E-state index in [2.05, 4.69) is 4.90 Å². The highest BCUT2D eigenvalue weighted by Crippen LogP contribution is 2.25. The first kappa shape index (κ1) is 20.2. The molecule has 1 heterocycles. The van der Waals surface area contributed by atoms with Crippen molar-refractivity contribution in [3.8, 4) is 5.75 Å². The zero-order valence-electron chi connectivity index (χ0n) is 15.9. The lowest BCUT2D eigenvalue weighted by Gasteiger charge is -2.34. The summed E-state index contributed by atoms with van der Waals surface area (Å²) in [7, 11) is -2.01. The number of aryl methyl sites for hydroxylation is 1. The summed E-state index contributed by atoms with van der Waals surface area (Å²) < 4.78 is 32.5. The fraction of sp³-hybridized carbons (Fsp3) is 0.368. The van der Waals surface area contributed by atoms with Gasteiger partial charge in [0.15, 0.2) is 0 Å². The van der Waals surface area contributed by atoms with Gasteiger partial charge in [-0.25, -0.2) is 8.42 Å². The maximum atomic E-state index is 12.9. The standard InChI is InChI=1S/C19H23N3O5S/c1-15-12-18(6-7-19(15)27-2)28(25,26)21-10-8-20(9-11-21)14-16-4-3-5-17(13-16)22(23)24/h3-7,12-13H,8-11,14H2,1-2H3. The summed E-state index contributed by atoms with van der Waals surface area (Å²) in [6, 6.07) is 11.4. The molecule has 2 aromatic rings. The van der Waals surface area contributed by atoms with Crippen molar-refractivity contribution >= 4 is 15.7 Å². The van der Waals surface area contributed by atoms with Gasteiger partial charge in [-0.15, -0.1) is 0 Å². The Morgan fingerprint density at radius 1 is 1.11 bits per heavy atom. The predicted octanol–water partition coefficient (Wildman–Crippen LogP) is 2.42. The number of sulfonamides is 1. The number of benzene rings is 2. The second kappa shape index (κ2) is 8.26. The third kappa shape index (κ3) is 4.32. The molecule has 0 saturated carbocycles. The normalized spacial score (nSPS) is 16.1. The molecule has 2 aromatic carbocycles. The molecule has 0 N–H and O–H groups in total. The molecule has 0 aromatic heterocycles. The molecule has 0 aliphatic carbocycles. The molecule has 150 valence electrons. The van der Waals surface area contributed by atoms with Crippen molar-refractivity contribution in [3.63, 3.8) is 0 Å². The Bertz CT molecular complexity index is 969. The topological polar surface area (TPSA) is 93.0 Å². The van der Waals surface area contributed by atoms with E-state index >= 15 is 0 Å². The van der Waals surface area contributed by atoms with Crippen molar-refractivity contribution in [2.45, 2.75) is 18.4 Å². The van der Waals surface area contributed by atoms with Gasteiger partial charge in [-0.1, -0.05) is 12.1 Å². The van der Waals surface area contributed by atoms with Crippen LogP contribution < -0.4 is 4.74 Å². The molecule has 1 aliphatic heterocycles. The summed E-state index contributed by atoms with van der Waals surface area (Å²) in [6.45, 7) is 4.25. The molecule has 1 saturated heterocycles. The fourth-order valence-corrected chi connectivity index (χ4v) is 4.82. The van der Waals surface area contributed by atoms with Crippen LogP contribution in [0.3, 0.4) is 0 Å². The number of nitrogens with zero attached hydrogens (tertiary/aromatic N) is 3. The minimum atomic E-state index is -3.56. The third-order valence-electron chi connectivity index (χ3n) is 4.86. The van der Waals surface area contributed by atoms with Crippen molar-refractivity contribution in [2.24, 2.45) is 0 Å². The van der Waals surface area contributed by atoms with Gasteiger partial charge in [-0.3, -0.25) is 15.0 Å². The Morgan fingerprint density at radius 3 is 2.43 bits per heavy atom. The Hall–Kier alpha value is -2.49. The maximum Gasteiger partial charge on any atom is 0.269 e. The number of hydrogen-bond acceptors (Lipinski definition) is 6.